The van der Waals surface area contributed by atoms with Crippen LogP contribution in [0.5, 0.6) is 0 Å². The number of hydrogen-bond acceptors (Lipinski definition) is 7. The van der Waals surface area contributed by atoms with E-state index >= 15 is 0 Å². The maximum atomic E-state index is 12.4. The second-order valence-corrected chi connectivity index (χ2v) is 5.29. The quantitative estimate of drug-likeness (QED) is 0.140. The summed E-state index contributed by atoms with van der Waals surface area (Å²) in [5, 5.41) is 27.2. The number of hydrogen-bond donors (Lipinski definition) is 4. The van der Waals surface area contributed by atoms with E-state index in [4.69, 9.17) is 16.4 Å². The molecule has 0 aromatic heterocycles. The van der Waals surface area contributed by atoms with Gasteiger partial charge in [-0.2, -0.15) is 0 Å². The number of carbonyl (C=O) groups is 4. The summed E-state index contributed by atoms with van der Waals surface area (Å²) in [5.41, 5.74) is 12.2. The molecule has 14 nitrogen and oxygen atoms in total. The van der Waals surface area contributed by atoms with Crippen LogP contribution in [0.4, 0.5) is 11.4 Å². The van der Waals surface area contributed by atoms with Crippen molar-refractivity contribution in [2.75, 3.05) is 6.54 Å². The molecule has 0 spiro atoms. The third-order valence-corrected chi connectivity index (χ3v) is 3.30. The first-order valence-electron chi connectivity index (χ1n) is 7.58. The Morgan fingerprint density at radius 2 is 2.04 bits per heavy atom. The summed E-state index contributed by atoms with van der Waals surface area (Å²) in [7, 11) is 0. The highest BCUT2D eigenvalue weighted by molar-refractivity contribution is 6.01. The highest BCUT2D eigenvalue weighted by Gasteiger charge is 2.26. The molecule has 0 radical (unpaired) electrons. The van der Waals surface area contributed by atoms with Crippen LogP contribution < -0.4 is 16.4 Å². The van der Waals surface area contributed by atoms with Gasteiger partial charge in [-0.05, 0) is 18.0 Å². The molecular formula is C14H15N7O7. The number of carbonyl (C=O) groups excluding carboxylic acids is 3. The lowest BCUT2D eigenvalue weighted by Gasteiger charge is -2.17. The zero-order chi connectivity index (χ0) is 21.3. The highest BCUT2D eigenvalue weighted by Crippen LogP contribution is 2.25. The molecule has 1 aromatic rings. The number of nitrogens with one attached hydrogen (secondary N) is 2. The van der Waals surface area contributed by atoms with E-state index in [1.807, 2.05) is 5.32 Å². The Hall–Kier alpha value is -4.19. The number of nitrogens with two attached hydrogens (primary N) is 1. The van der Waals surface area contributed by atoms with Gasteiger partial charge in [0, 0.05) is 23.1 Å². The monoisotopic (exact) mass is 393 g/mol. The minimum absolute atomic E-state index is 0.102. The summed E-state index contributed by atoms with van der Waals surface area (Å²) < 4.78 is 0. The van der Waals surface area contributed by atoms with E-state index in [0.717, 1.165) is 18.2 Å². The molecule has 0 saturated heterocycles. The van der Waals surface area contributed by atoms with Crippen LogP contribution in [0.2, 0.25) is 0 Å². The zero-order valence-electron chi connectivity index (χ0n) is 14.2. The van der Waals surface area contributed by atoms with Crippen LogP contribution in [0.25, 0.3) is 10.4 Å². The average Bonchev–Trinajstić information content (AvgIpc) is 2.62. The van der Waals surface area contributed by atoms with Crippen molar-refractivity contribution in [3.63, 3.8) is 0 Å². The molecule has 28 heavy (non-hydrogen) atoms. The number of carboxylic acid groups (broad SMARTS) is 1. The van der Waals surface area contributed by atoms with Crippen molar-refractivity contribution in [3.8, 4) is 0 Å². The van der Waals surface area contributed by atoms with Crippen molar-refractivity contribution in [2.45, 2.75) is 18.9 Å². The molecule has 3 amide bonds. The van der Waals surface area contributed by atoms with E-state index in [-0.39, 0.29) is 18.5 Å². The molecule has 1 unspecified atom stereocenters. The van der Waals surface area contributed by atoms with Gasteiger partial charge >= 0.3 is 5.97 Å². The van der Waals surface area contributed by atoms with E-state index in [9.17, 15) is 29.3 Å². The first-order valence-corrected chi connectivity index (χ1v) is 7.58. The number of nitro groups is 1. The maximum absolute atomic E-state index is 12.4. The Balaban J connectivity index is 3.10. The van der Waals surface area contributed by atoms with E-state index in [2.05, 4.69) is 15.3 Å². The third kappa shape index (κ3) is 6.61. The number of nitrogens with zero attached hydrogens (tertiary/aromatic N) is 4. The molecule has 0 bridgehead atoms. The Morgan fingerprint density at radius 1 is 1.36 bits per heavy atom. The second-order valence-electron chi connectivity index (χ2n) is 5.29. The number of nitro benzene ring substituents is 1. The van der Waals surface area contributed by atoms with Crippen molar-refractivity contribution in [2.24, 2.45) is 10.8 Å². The van der Waals surface area contributed by atoms with Crippen LogP contribution in [0.15, 0.2) is 23.3 Å². The summed E-state index contributed by atoms with van der Waals surface area (Å²) in [6.07, 6.45) is -0.555. The normalized spacial score (nSPS) is 10.9. The zero-order valence-corrected chi connectivity index (χ0v) is 14.2. The molecule has 0 fully saturated rings. The first kappa shape index (κ1) is 21.9. The minimum Gasteiger partial charge on any atom is -0.480 e. The minimum atomic E-state index is -1.37. The topological polar surface area (TPSA) is 230 Å². The molecule has 0 aliphatic carbocycles. The van der Waals surface area contributed by atoms with E-state index in [1.54, 1.807) is 0 Å². The third-order valence-electron chi connectivity index (χ3n) is 3.30. The van der Waals surface area contributed by atoms with Gasteiger partial charge in [0.25, 0.3) is 11.6 Å². The Morgan fingerprint density at radius 3 is 2.57 bits per heavy atom. The Bertz CT molecular complexity index is 864. The van der Waals surface area contributed by atoms with Crippen molar-refractivity contribution in [1.82, 2.24) is 10.6 Å². The number of azide groups is 1. The summed E-state index contributed by atoms with van der Waals surface area (Å²) in [6, 6.07) is 1.69. The van der Waals surface area contributed by atoms with Crippen LogP contribution in [0.3, 0.4) is 0 Å². The molecule has 14 heteroatoms. The maximum Gasteiger partial charge on any atom is 0.322 e. The van der Waals surface area contributed by atoms with Crippen LogP contribution in [-0.4, -0.2) is 46.3 Å². The predicted octanol–water partition coefficient (Wildman–Crippen LogP) is 0.101. The molecule has 0 aliphatic rings. The molecule has 148 valence electrons. The highest BCUT2D eigenvalue weighted by atomic mass is 16.6. The lowest BCUT2D eigenvalue weighted by molar-refractivity contribution is -0.385. The Kier molecular flexibility index (Phi) is 7.87. The Labute approximate surface area is 156 Å². The molecular weight excluding hydrogens is 378 g/mol. The van der Waals surface area contributed by atoms with Crippen molar-refractivity contribution >= 4 is 35.1 Å². The average molecular weight is 393 g/mol. The van der Waals surface area contributed by atoms with Gasteiger partial charge < -0.3 is 21.5 Å². The lowest BCUT2D eigenvalue weighted by atomic mass is 10.1. The van der Waals surface area contributed by atoms with Gasteiger partial charge in [0.15, 0.2) is 0 Å². The molecule has 1 rings (SSSR count). The number of amides is 3. The molecule has 5 N–H and O–H groups in total. The van der Waals surface area contributed by atoms with Gasteiger partial charge in [0.2, 0.25) is 11.8 Å². The van der Waals surface area contributed by atoms with Crippen molar-refractivity contribution in [1.29, 1.82) is 0 Å². The van der Waals surface area contributed by atoms with E-state index < -0.39 is 52.5 Å². The molecule has 0 saturated carbocycles. The van der Waals surface area contributed by atoms with Crippen LogP contribution in [0.1, 0.15) is 23.2 Å². The summed E-state index contributed by atoms with van der Waals surface area (Å²) >= 11 is 0. The largest absolute Gasteiger partial charge is 0.480 e. The van der Waals surface area contributed by atoms with E-state index in [1.165, 1.54) is 0 Å². The second kappa shape index (κ2) is 10.1. The standard InChI is InChI=1S/C14H15N7O7/c15-11(22)4-3-9(14(26)17-6-12(23)24)18-13(25)8-2-1-7(19-20-16)5-10(8)21(27)28/h1-2,5,9H,3-4,6H2,(H2,15,22)(H,17,26)(H,18,25)(H,23,24). The number of aliphatic carboxylic acids is 1. The van der Waals surface area contributed by atoms with Gasteiger partial charge in [0.1, 0.15) is 18.2 Å². The molecule has 1 aromatic carbocycles. The number of benzene rings is 1. The van der Waals surface area contributed by atoms with Crippen LogP contribution in [0, 0.1) is 10.1 Å². The van der Waals surface area contributed by atoms with Crippen LogP contribution >= 0.6 is 0 Å². The summed E-state index contributed by atoms with van der Waals surface area (Å²) in [4.78, 5) is 58.7. The molecule has 0 aliphatic heterocycles. The number of rotatable bonds is 10. The molecule has 0 heterocycles. The van der Waals surface area contributed by atoms with Gasteiger partial charge in [0.05, 0.1) is 4.92 Å². The van der Waals surface area contributed by atoms with Gasteiger partial charge in [-0.3, -0.25) is 29.3 Å². The van der Waals surface area contributed by atoms with Crippen molar-refractivity contribution < 1.29 is 29.2 Å². The fourth-order valence-corrected chi connectivity index (χ4v) is 2.05. The fourth-order valence-electron chi connectivity index (χ4n) is 2.05. The number of primary amides is 1. The number of carboxylic acids is 1. The first-order chi connectivity index (χ1) is 13.1. The van der Waals surface area contributed by atoms with E-state index in [0.29, 0.717) is 0 Å². The predicted molar refractivity (Wildman–Crippen MR) is 92.2 cm³/mol. The summed E-state index contributed by atoms with van der Waals surface area (Å²) in [6.45, 7) is -0.733. The van der Waals surface area contributed by atoms with Gasteiger partial charge in [-0.1, -0.05) is 11.2 Å². The molecule has 1 atom stereocenters. The van der Waals surface area contributed by atoms with Gasteiger partial charge in [-0.15, -0.1) is 0 Å². The van der Waals surface area contributed by atoms with Gasteiger partial charge in [-0.25, -0.2) is 0 Å². The smallest absolute Gasteiger partial charge is 0.322 e. The fraction of sp³-hybridized carbons (Fsp3) is 0.286. The summed E-state index contributed by atoms with van der Waals surface area (Å²) in [5.74, 6) is -4.04. The van der Waals surface area contributed by atoms with Crippen molar-refractivity contribution in [3.05, 3.63) is 44.3 Å². The lowest BCUT2D eigenvalue weighted by Crippen LogP contribution is -2.48. The van der Waals surface area contributed by atoms with Crippen LogP contribution in [-0.2, 0) is 14.4 Å². The SMILES string of the molecule is [N-]=[N+]=Nc1ccc(C(=O)NC(CCC(N)=O)C(=O)NCC(=O)O)c([N+](=O)[O-])c1.